The van der Waals surface area contributed by atoms with E-state index in [4.69, 9.17) is 0 Å². The Morgan fingerprint density at radius 3 is 2.39 bits per heavy atom. The monoisotopic (exact) mass is 400 g/mol. The van der Waals surface area contributed by atoms with Gasteiger partial charge in [-0.3, -0.25) is 14.4 Å². The van der Waals surface area contributed by atoms with E-state index in [1.54, 1.807) is 0 Å². The van der Waals surface area contributed by atoms with Crippen molar-refractivity contribution in [1.82, 2.24) is 0 Å². The van der Waals surface area contributed by atoms with Crippen LogP contribution in [0.5, 0.6) is 0 Å². The smallest absolute Gasteiger partial charge is 0.247 e. The van der Waals surface area contributed by atoms with Crippen LogP contribution in [0.1, 0.15) is 31.7 Å². The van der Waals surface area contributed by atoms with Gasteiger partial charge < -0.3 is 5.32 Å². The third-order valence-electron chi connectivity index (χ3n) is 4.47. The number of hydrogen-bond acceptors (Lipinski definition) is 4. The maximum atomic E-state index is 13.1. The summed E-state index contributed by atoms with van der Waals surface area (Å²) in [5.74, 6) is -0.924. The molecule has 1 aliphatic heterocycles. The molecule has 0 radical (unpaired) electrons. The molecule has 0 unspecified atom stereocenters. The van der Waals surface area contributed by atoms with Crippen molar-refractivity contribution >= 4 is 40.9 Å². The normalized spacial score (nSPS) is 16.7. The van der Waals surface area contributed by atoms with Gasteiger partial charge in [-0.15, -0.1) is 11.8 Å². The van der Waals surface area contributed by atoms with Gasteiger partial charge in [0.1, 0.15) is 5.82 Å². The number of nitrogens with zero attached hydrogens (tertiary/aromatic N) is 1. The first-order chi connectivity index (χ1) is 13.3. The Balaban J connectivity index is 1.55. The number of rotatable bonds is 6. The molecule has 0 aromatic heterocycles. The maximum absolute atomic E-state index is 13.1. The van der Waals surface area contributed by atoms with Gasteiger partial charge in [0.15, 0.2) is 0 Å². The fourth-order valence-electron chi connectivity index (χ4n) is 2.92. The average molecular weight is 400 g/mol. The van der Waals surface area contributed by atoms with Gasteiger partial charge in [0.2, 0.25) is 17.7 Å². The molecule has 1 saturated heterocycles. The zero-order valence-corrected chi connectivity index (χ0v) is 16.5. The van der Waals surface area contributed by atoms with E-state index in [-0.39, 0.29) is 29.9 Å². The summed E-state index contributed by atoms with van der Waals surface area (Å²) < 4.78 is 13.1. The number of amides is 3. The SMILES string of the molecule is CC(C)c1ccc(NC(=O)CS[C@@H]2CC(=O)N(c3ccc(F)cc3)C2=O)cc1. The summed E-state index contributed by atoms with van der Waals surface area (Å²) in [6, 6.07) is 12.8. The standard InChI is InChI=1S/C21H21FN2O3S/c1-13(2)14-3-7-16(8-4-14)23-19(25)12-28-18-11-20(26)24(21(18)27)17-9-5-15(22)6-10-17/h3-10,13,18H,11-12H2,1-2H3,(H,23,25)/t18-/m1/s1. The molecule has 146 valence electrons. The van der Waals surface area contributed by atoms with Crippen molar-refractivity contribution in [2.75, 3.05) is 16.0 Å². The van der Waals surface area contributed by atoms with Crippen LogP contribution in [0.2, 0.25) is 0 Å². The summed E-state index contributed by atoms with van der Waals surface area (Å²) >= 11 is 1.13. The van der Waals surface area contributed by atoms with Crippen LogP contribution < -0.4 is 10.2 Å². The number of carbonyl (C=O) groups excluding carboxylic acids is 3. The van der Waals surface area contributed by atoms with Gasteiger partial charge in [-0.1, -0.05) is 26.0 Å². The number of benzene rings is 2. The lowest BCUT2D eigenvalue weighted by Crippen LogP contribution is -2.31. The largest absolute Gasteiger partial charge is 0.325 e. The first kappa shape index (κ1) is 20.1. The van der Waals surface area contributed by atoms with Crippen LogP contribution in [0.4, 0.5) is 15.8 Å². The average Bonchev–Trinajstić information content (AvgIpc) is 2.95. The number of thioether (sulfide) groups is 1. The molecule has 1 N–H and O–H groups in total. The fourth-order valence-corrected chi connectivity index (χ4v) is 3.85. The number of anilines is 2. The molecule has 0 bridgehead atoms. The lowest BCUT2D eigenvalue weighted by atomic mass is 10.0. The predicted octanol–water partition coefficient (Wildman–Crippen LogP) is 3.95. The van der Waals surface area contributed by atoms with E-state index in [1.807, 2.05) is 24.3 Å². The van der Waals surface area contributed by atoms with Crippen molar-refractivity contribution in [2.24, 2.45) is 0 Å². The second-order valence-corrected chi connectivity index (χ2v) is 8.06. The molecule has 0 saturated carbocycles. The summed E-state index contributed by atoms with van der Waals surface area (Å²) in [4.78, 5) is 38.0. The zero-order chi connectivity index (χ0) is 20.3. The topological polar surface area (TPSA) is 66.5 Å². The second kappa shape index (κ2) is 8.56. The molecule has 1 atom stereocenters. The molecule has 1 fully saturated rings. The van der Waals surface area contributed by atoms with Gasteiger partial charge >= 0.3 is 0 Å². The Hall–Kier alpha value is -2.67. The third kappa shape index (κ3) is 4.59. The molecular formula is C21H21FN2O3S. The lowest BCUT2D eigenvalue weighted by molar-refractivity contribution is -0.121. The molecule has 2 aromatic rings. The summed E-state index contributed by atoms with van der Waals surface area (Å²) in [7, 11) is 0. The highest BCUT2D eigenvalue weighted by molar-refractivity contribution is 8.01. The molecule has 5 nitrogen and oxygen atoms in total. The highest BCUT2D eigenvalue weighted by atomic mass is 32.2. The highest BCUT2D eigenvalue weighted by Crippen LogP contribution is 2.30. The first-order valence-electron chi connectivity index (χ1n) is 8.99. The lowest BCUT2D eigenvalue weighted by Gasteiger charge is -2.14. The Morgan fingerprint density at radius 2 is 1.79 bits per heavy atom. The van der Waals surface area contributed by atoms with Gasteiger partial charge in [-0.25, -0.2) is 9.29 Å². The molecule has 3 rings (SSSR count). The molecule has 1 aliphatic rings. The number of nitrogens with one attached hydrogen (secondary N) is 1. The minimum absolute atomic E-state index is 0.0250. The van der Waals surface area contributed by atoms with E-state index in [9.17, 15) is 18.8 Å². The molecule has 0 spiro atoms. The van der Waals surface area contributed by atoms with Crippen molar-refractivity contribution in [2.45, 2.75) is 31.4 Å². The summed E-state index contributed by atoms with van der Waals surface area (Å²) in [6.07, 6.45) is 0.0250. The van der Waals surface area contributed by atoms with Gasteiger partial charge in [-0.2, -0.15) is 0 Å². The van der Waals surface area contributed by atoms with Crippen LogP contribution >= 0.6 is 11.8 Å². The summed E-state index contributed by atoms with van der Waals surface area (Å²) in [5.41, 5.74) is 2.22. The van der Waals surface area contributed by atoms with Crippen molar-refractivity contribution < 1.29 is 18.8 Å². The Bertz CT molecular complexity index is 882. The van der Waals surface area contributed by atoms with Crippen LogP contribution in [-0.2, 0) is 14.4 Å². The molecule has 2 aromatic carbocycles. The van der Waals surface area contributed by atoms with Crippen LogP contribution in [0.25, 0.3) is 0 Å². The zero-order valence-electron chi connectivity index (χ0n) is 15.6. The van der Waals surface area contributed by atoms with E-state index in [1.165, 1.54) is 29.8 Å². The number of imide groups is 1. The Morgan fingerprint density at radius 1 is 1.14 bits per heavy atom. The van der Waals surface area contributed by atoms with Crippen LogP contribution in [0.15, 0.2) is 48.5 Å². The number of carbonyl (C=O) groups is 3. The fraction of sp³-hybridized carbons (Fsp3) is 0.286. The molecule has 3 amide bonds. The van der Waals surface area contributed by atoms with E-state index in [0.717, 1.165) is 16.7 Å². The molecule has 28 heavy (non-hydrogen) atoms. The van der Waals surface area contributed by atoms with E-state index < -0.39 is 11.1 Å². The van der Waals surface area contributed by atoms with Crippen molar-refractivity contribution in [1.29, 1.82) is 0 Å². The van der Waals surface area contributed by atoms with Crippen molar-refractivity contribution in [3.63, 3.8) is 0 Å². The van der Waals surface area contributed by atoms with Crippen molar-refractivity contribution in [3.8, 4) is 0 Å². The predicted molar refractivity (Wildman–Crippen MR) is 109 cm³/mol. The van der Waals surface area contributed by atoms with Crippen molar-refractivity contribution in [3.05, 3.63) is 59.9 Å². The summed E-state index contributed by atoms with van der Waals surface area (Å²) in [5, 5.41) is 2.18. The van der Waals surface area contributed by atoms with Crippen LogP contribution in [-0.4, -0.2) is 28.7 Å². The molecular weight excluding hydrogens is 379 g/mol. The van der Waals surface area contributed by atoms with Gasteiger partial charge in [0.05, 0.1) is 16.7 Å². The highest BCUT2D eigenvalue weighted by Gasteiger charge is 2.40. The second-order valence-electron chi connectivity index (χ2n) is 6.87. The number of hydrogen-bond donors (Lipinski definition) is 1. The maximum Gasteiger partial charge on any atom is 0.247 e. The Labute approximate surface area is 167 Å². The van der Waals surface area contributed by atoms with Gasteiger partial charge in [0.25, 0.3) is 0 Å². The van der Waals surface area contributed by atoms with Crippen LogP contribution in [0, 0.1) is 5.82 Å². The van der Waals surface area contributed by atoms with E-state index in [0.29, 0.717) is 17.3 Å². The Kier molecular flexibility index (Phi) is 6.14. The molecule has 7 heteroatoms. The first-order valence-corrected chi connectivity index (χ1v) is 10.0. The number of halogens is 1. The minimum Gasteiger partial charge on any atom is -0.325 e. The van der Waals surface area contributed by atoms with E-state index in [2.05, 4.69) is 19.2 Å². The van der Waals surface area contributed by atoms with Crippen LogP contribution in [0.3, 0.4) is 0 Å². The summed E-state index contributed by atoms with van der Waals surface area (Å²) in [6.45, 7) is 4.19. The van der Waals surface area contributed by atoms with Gasteiger partial charge in [0, 0.05) is 12.1 Å². The third-order valence-corrected chi connectivity index (χ3v) is 5.67. The quantitative estimate of drug-likeness (QED) is 0.746. The molecule has 0 aliphatic carbocycles. The van der Waals surface area contributed by atoms with Gasteiger partial charge in [-0.05, 0) is 47.9 Å². The minimum atomic E-state index is -0.619. The molecule has 1 heterocycles. The van der Waals surface area contributed by atoms with E-state index >= 15 is 0 Å².